The summed E-state index contributed by atoms with van der Waals surface area (Å²) in [6.45, 7) is 0. The van der Waals surface area contributed by atoms with Gasteiger partial charge < -0.3 is 9.30 Å². The van der Waals surface area contributed by atoms with Crippen molar-refractivity contribution < 1.29 is 14.3 Å². The molecule has 184 valence electrons. The van der Waals surface area contributed by atoms with Gasteiger partial charge in [0.15, 0.2) is 0 Å². The molecule has 3 heterocycles. The first-order valence-corrected chi connectivity index (χ1v) is 13.7. The van der Waals surface area contributed by atoms with Crippen LogP contribution in [-0.2, 0) is 9.53 Å². The summed E-state index contributed by atoms with van der Waals surface area (Å²) in [5, 5.41) is 0.859. The van der Waals surface area contributed by atoms with E-state index in [1.54, 1.807) is 0 Å². The number of nitrogens with zero attached hydrogens (tertiary/aromatic N) is 2. The van der Waals surface area contributed by atoms with Gasteiger partial charge in [-0.3, -0.25) is 9.69 Å². The number of ether oxygens (including phenoxy) is 1. The lowest BCUT2D eigenvalue weighted by atomic mass is 9.79. The monoisotopic (exact) mass is 464 g/mol. The quantitative estimate of drug-likeness (QED) is 0.296. The van der Waals surface area contributed by atoms with Crippen LogP contribution in [0.15, 0.2) is 30.5 Å². The zero-order valence-electron chi connectivity index (χ0n) is 20.7. The molecule has 1 unspecified atom stereocenters. The van der Waals surface area contributed by atoms with Crippen LogP contribution in [0, 0.1) is 0 Å². The lowest BCUT2D eigenvalue weighted by Crippen LogP contribution is -2.56. The Labute approximate surface area is 203 Å². The third-order valence-electron chi connectivity index (χ3n) is 8.75. The Kier molecular flexibility index (Phi) is 7.38. The molecule has 1 aromatic carbocycles. The van der Waals surface area contributed by atoms with Gasteiger partial charge in [-0.2, -0.15) is 0 Å². The number of aromatic nitrogens is 1. The summed E-state index contributed by atoms with van der Waals surface area (Å²) in [4.78, 5) is 27.7. The lowest BCUT2D eigenvalue weighted by Gasteiger charge is -2.53. The Bertz CT molecular complexity index is 988. The summed E-state index contributed by atoms with van der Waals surface area (Å²) in [7, 11) is 1.27. The molecule has 0 spiro atoms. The van der Waals surface area contributed by atoms with E-state index >= 15 is 0 Å². The van der Waals surface area contributed by atoms with E-state index in [1.807, 2.05) is 24.4 Å². The fraction of sp³-hybridized carbons (Fsp3) is 0.655. The molecule has 0 N–H and O–H groups in total. The maximum Gasteiger partial charge on any atom is 0.379 e. The SMILES string of the molecule is COC(=O)C(=O)c1cn(C2C[C@H]3CCC[C@@H](C2)N3C2CCCCCCCCC2)c2ccccc12. The summed E-state index contributed by atoms with van der Waals surface area (Å²) < 4.78 is 7.05. The molecule has 3 aliphatic rings. The number of carbonyl (C=O) groups is 2. The van der Waals surface area contributed by atoms with Crippen LogP contribution < -0.4 is 0 Å². The predicted octanol–water partition coefficient (Wildman–Crippen LogP) is 6.45. The Morgan fingerprint density at radius 3 is 2.00 bits per heavy atom. The molecule has 2 aromatic rings. The summed E-state index contributed by atoms with van der Waals surface area (Å²) in [5.74, 6) is -1.33. The second-order valence-electron chi connectivity index (χ2n) is 10.8. The highest BCUT2D eigenvalue weighted by molar-refractivity contribution is 6.43. The number of rotatable bonds is 4. The summed E-state index contributed by atoms with van der Waals surface area (Å²) in [6.07, 6.45) is 20.6. The van der Waals surface area contributed by atoms with E-state index in [4.69, 9.17) is 4.74 Å². The van der Waals surface area contributed by atoms with Crippen molar-refractivity contribution in [2.45, 2.75) is 114 Å². The van der Waals surface area contributed by atoms with Gasteiger partial charge in [0.05, 0.1) is 12.7 Å². The van der Waals surface area contributed by atoms with Crippen molar-refractivity contribution in [3.8, 4) is 0 Å². The van der Waals surface area contributed by atoms with E-state index in [9.17, 15) is 9.59 Å². The highest BCUT2D eigenvalue weighted by Gasteiger charge is 2.42. The van der Waals surface area contributed by atoms with E-state index in [0.717, 1.165) is 29.8 Å². The average molecular weight is 465 g/mol. The molecular formula is C29H40N2O3. The topological polar surface area (TPSA) is 51.5 Å². The van der Waals surface area contributed by atoms with Gasteiger partial charge in [-0.25, -0.2) is 4.79 Å². The van der Waals surface area contributed by atoms with E-state index < -0.39 is 11.8 Å². The van der Waals surface area contributed by atoms with E-state index in [1.165, 1.54) is 84.2 Å². The van der Waals surface area contributed by atoms with Crippen LogP contribution in [0.3, 0.4) is 0 Å². The minimum Gasteiger partial charge on any atom is -0.463 e. The smallest absolute Gasteiger partial charge is 0.379 e. The van der Waals surface area contributed by atoms with Gasteiger partial charge >= 0.3 is 5.97 Å². The van der Waals surface area contributed by atoms with Crippen LogP contribution in [0.4, 0.5) is 0 Å². The Hall–Kier alpha value is -2.14. The minimum atomic E-state index is -0.786. The molecule has 1 aromatic heterocycles. The van der Waals surface area contributed by atoms with Crippen molar-refractivity contribution in [1.82, 2.24) is 9.47 Å². The number of hydrogen-bond acceptors (Lipinski definition) is 4. The van der Waals surface area contributed by atoms with Crippen molar-refractivity contribution in [2.24, 2.45) is 0 Å². The minimum absolute atomic E-state index is 0.371. The lowest BCUT2D eigenvalue weighted by molar-refractivity contribution is -0.135. The number of para-hydroxylation sites is 1. The molecule has 5 rings (SSSR count). The summed E-state index contributed by atoms with van der Waals surface area (Å²) >= 11 is 0. The van der Waals surface area contributed by atoms with E-state index in [-0.39, 0.29) is 0 Å². The second-order valence-corrected chi connectivity index (χ2v) is 10.8. The standard InChI is InChI=1S/C29H40N2O3/c1-34-29(33)28(32)26-20-30(27-17-10-9-16-25(26)27)24-18-22-14-11-15-23(19-24)31(22)21-12-7-5-3-2-4-6-8-13-21/h9-10,16-17,20-24H,2-8,11-15,18-19H2,1H3/t22-,23+,24?. The van der Waals surface area contributed by atoms with Crippen LogP contribution in [-0.4, -0.2) is 46.5 Å². The first-order chi connectivity index (χ1) is 16.7. The molecule has 3 fully saturated rings. The molecule has 2 bridgehead atoms. The number of carbonyl (C=O) groups excluding carboxylic acids is 2. The summed E-state index contributed by atoms with van der Waals surface area (Å²) in [6, 6.07) is 10.4. The van der Waals surface area contributed by atoms with Crippen LogP contribution in [0.1, 0.15) is 106 Å². The maximum absolute atomic E-state index is 12.8. The Balaban J connectivity index is 1.40. The van der Waals surface area contributed by atoms with E-state index in [0.29, 0.717) is 23.7 Å². The first-order valence-electron chi connectivity index (χ1n) is 13.7. The molecule has 5 heteroatoms. The molecule has 1 aliphatic carbocycles. The number of Topliss-reactive ketones (excluding diaryl/α,β-unsaturated/α-hetero) is 1. The van der Waals surface area contributed by atoms with Gasteiger partial charge in [0, 0.05) is 41.3 Å². The fourth-order valence-corrected chi connectivity index (χ4v) is 7.19. The van der Waals surface area contributed by atoms with Crippen LogP contribution in [0.5, 0.6) is 0 Å². The van der Waals surface area contributed by atoms with Gasteiger partial charge in [-0.15, -0.1) is 0 Å². The molecule has 34 heavy (non-hydrogen) atoms. The zero-order chi connectivity index (χ0) is 23.5. The maximum atomic E-state index is 12.8. The third kappa shape index (κ3) is 4.68. The number of ketones is 1. The molecule has 5 nitrogen and oxygen atoms in total. The fourth-order valence-electron chi connectivity index (χ4n) is 7.19. The highest BCUT2D eigenvalue weighted by Crippen LogP contribution is 2.43. The zero-order valence-corrected chi connectivity index (χ0v) is 20.7. The molecule has 0 radical (unpaired) electrons. The van der Waals surface area contributed by atoms with Gasteiger partial charge in [-0.05, 0) is 44.6 Å². The highest BCUT2D eigenvalue weighted by atomic mass is 16.5. The Morgan fingerprint density at radius 1 is 0.765 bits per heavy atom. The largest absolute Gasteiger partial charge is 0.463 e. The summed E-state index contributed by atoms with van der Waals surface area (Å²) in [5.41, 5.74) is 1.53. The molecule has 2 aliphatic heterocycles. The number of fused-ring (bicyclic) bond motifs is 3. The van der Waals surface area contributed by atoms with Crippen molar-refractivity contribution in [3.63, 3.8) is 0 Å². The van der Waals surface area contributed by atoms with Crippen LogP contribution >= 0.6 is 0 Å². The van der Waals surface area contributed by atoms with Crippen LogP contribution in [0.25, 0.3) is 10.9 Å². The van der Waals surface area contributed by atoms with Gasteiger partial charge in [0.25, 0.3) is 5.78 Å². The van der Waals surface area contributed by atoms with Gasteiger partial charge in [0.1, 0.15) is 0 Å². The van der Waals surface area contributed by atoms with Crippen molar-refractivity contribution in [1.29, 1.82) is 0 Å². The molecule has 1 saturated carbocycles. The number of piperidine rings is 2. The molecule has 0 amide bonds. The van der Waals surface area contributed by atoms with E-state index in [2.05, 4.69) is 15.5 Å². The number of esters is 1. The predicted molar refractivity (Wildman–Crippen MR) is 135 cm³/mol. The van der Waals surface area contributed by atoms with Crippen molar-refractivity contribution >= 4 is 22.7 Å². The van der Waals surface area contributed by atoms with Gasteiger partial charge in [-0.1, -0.05) is 69.6 Å². The average Bonchev–Trinajstić information content (AvgIpc) is 3.25. The molecule has 3 atom stereocenters. The third-order valence-corrected chi connectivity index (χ3v) is 8.75. The van der Waals surface area contributed by atoms with Gasteiger partial charge in [0.2, 0.25) is 0 Å². The van der Waals surface area contributed by atoms with Crippen molar-refractivity contribution in [2.75, 3.05) is 7.11 Å². The molecular weight excluding hydrogens is 424 g/mol. The van der Waals surface area contributed by atoms with Crippen molar-refractivity contribution in [3.05, 3.63) is 36.0 Å². The molecule has 2 saturated heterocycles. The number of hydrogen-bond donors (Lipinski definition) is 0. The van der Waals surface area contributed by atoms with Crippen LogP contribution in [0.2, 0.25) is 0 Å². The second kappa shape index (κ2) is 10.6. The number of benzene rings is 1. The Morgan fingerprint density at radius 2 is 1.35 bits per heavy atom. The normalized spacial score (nSPS) is 27.4. The first kappa shape index (κ1) is 23.6. The number of methoxy groups -OCH3 is 1.